The fourth-order valence-corrected chi connectivity index (χ4v) is 3.42. The van der Waals surface area contributed by atoms with Crippen molar-refractivity contribution in [2.75, 3.05) is 0 Å². The van der Waals surface area contributed by atoms with Gasteiger partial charge in [0.2, 0.25) is 5.90 Å². The topological polar surface area (TPSA) is 69.4 Å². The normalized spacial score (nSPS) is 11.5. The highest BCUT2D eigenvalue weighted by Gasteiger charge is 2.19. The van der Waals surface area contributed by atoms with E-state index in [0.29, 0.717) is 27.6 Å². The third-order valence-electron chi connectivity index (χ3n) is 3.85. The van der Waals surface area contributed by atoms with Gasteiger partial charge in [-0.1, -0.05) is 29.3 Å². The Labute approximate surface area is 170 Å². The highest BCUT2D eigenvalue weighted by atomic mass is 79.9. The minimum absolute atomic E-state index is 0.0972. The first-order valence-electron chi connectivity index (χ1n) is 8.04. The van der Waals surface area contributed by atoms with Gasteiger partial charge in [0.05, 0.1) is 10.7 Å². The van der Waals surface area contributed by atoms with Crippen LogP contribution in [0.3, 0.4) is 0 Å². The Kier molecular flexibility index (Phi) is 5.72. The predicted molar refractivity (Wildman–Crippen MR) is 108 cm³/mol. The van der Waals surface area contributed by atoms with Crippen LogP contribution in [0.5, 0.6) is 0 Å². The zero-order valence-corrected chi connectivity index (χ0v) is 17.2. The molecule has 6 nitrogen and oxygen atoms in total. The minimum Gasteiger partial charge on any atom is -0.407 e. The minimum atomic E-state index is 0.0972. The number of nitrogens with zero attached hydrogens (tertiary/aromatic N) is 4. The summed E-state index contributed by atoms with van der Waals surface area (Å²) in [5.74, 6) is 0.499. The van der Waals surface area contributed by atoms with Crippen molar-refractivity contribution in [3.8, 4) is 5.82 Å². The summed E-state index contributed by atoms with van der Waals surface area (Å²) in [6, 6.07) is 9.15. The van der Waals surface area contributed by atoms with E-state index < -0.39 is 0 Å². The molecule has 0 saturated carbocycles. The van der Waals surface area contributed by atoms with Gasteiger partial charge in [0.25, 0.3) is 6.47 Å². The van der Waals surface area contributed by atoms with E-state index in [2.05, 4.69) is 31.0 Å². The molecule has 27 heavy (non-hydrogen) atoms. The zero-order chi connectivity index (χ0) is 19.6. The lowest BCUT2D eigenvalue weighted by Gasteiger charge is -2.11. The largest absolute Gasteiger partial charge is 0.407 e. The number of rotatable bonds is 4. The molecule has 1 aromatic carbocycles. The van der Waals surface area contributed by atoms with E-state index in [0.717, 1.165) is 22.4 Å². The first-order valence-corrected chi connectivity index (χ1v) is 9.21. The molecular formula is C19H16BrClN4O2. The van der Waals surface area contributed by atoms with Gasteiger partial charge in [-0.2, -0.15) is 5.10 Å². The smallest absolute Gasteiger partial charge is 0.299 e. The van der Waals surface area contributed by atoms with Crippen molar-refractivity contribution in [2.45, 2.75) is 20.8 Å². The van der Waals surface area contributed by atoms with Crippen LogP contribution < -0.4 is 0 Å². The van der Waals surface area contributed by atoms with Crippen LogP contribution in [-0.4, -0.2) is 27.1 Å². The number of pyridine rings is 1. The molecule has 0 aliphatic rings. The number of hydrogen-bond acceptors (Lipinski definition) is 5. The standard InChI is InChI=1S/C19H16BrClN4O2/c1-11-7-12(2)17(13(3)8-11)23-19(27-10-26)15-9-16(20)24-25(15)18-14(21)5-4-6-22-18/h4-10H,1-3H3/b23-19-. The van der Waals surface area contributed by atoms with E-state index in [1.54, 1.807) is 24.4 Å². The van der Waals surface area contributed by atoms with Crippen molar-refractivity contribution in [3.05, 3.63) is 68.5 Å². The fraction of sp³-hybridized carbons (Fsp3) is 0.158. The van der Waals surface area contributed by atoms with Crippen LogP contribution >= 0.6 is 27.5 Å². The van der Waals surface area contributed by atoms with Crippen LogP contribution in [-0.2, 0) is 9.53 Å². The SMILES string of the molecule is Cc1cc(C)c(/N=C(\OC=O)c2cc(Br)nn2-c2ncccc2Cl)c(C)c1. The quantitative estimate of drug-likeness (QED) is 0.325. The van der Waals surface area contributed by atoms with Gasteiger partial charge in [0.15, 0.2) is 5.82 Å². The zero-order valence-electron chi connectivity index (χ0n) is 14.9. The van der Waals surface area contributed by atoms with Crippen molar-refractivity contribution < 1.29 is 9.53 Å². The summed E-state index contributed by atoms with van der Waals surface area (Å²) >= 11 is 9.61. The number of ether oxygens (including phenoxy) is 1. The van der Waals surface area contributed by atoms with Gasteiger partial charge < -0.3 is 4.74 Å². The molecular weight excluding hydrogens is 432 g/mol. The molecule has 2 aromatic heterocycles. The second-order valence-corrected chi connectivity index (χ2v) is 7.17. The maximum absolute atomic E-state index is 11.1. The van der Waals surface area contributed by atoms with E-state index >= 15 is 0 Å². The fourth-order valence-electron chi connectivity index (χ4n) is 2.84. The lowest BCUT2D eigenvalue weighted by molar-refractivity contribution is -0.121. The number of aromatic nitrogens is 3. The van der Waals surface area contributed by atoms with E-state index in [1.807, 2.05) is 32.9 Å². The Morgan fingerprint density at radius 2 is 1.96 bits per heavy atom. The summed E-state index contributed by atoms with van der Waals surface area (Å²) < 4.78 is 7.21. The summed E-state index contributed by atoms with van der Waals surface area (Å²) in [6.07, 6.45) is 1.60. The maximum Gasteiger partial charge on any atom is 0.299 e. The van der Waals surface area contributed by atoms with Crippen molar-refractivity contribution in [2.24, 2.45) is 4.99 Å². The molecule has 138 valence electrons. The van der Waals surface area contributed by atoms with Gasteiger partial charge >= 0.3 is 0 Å². The molecule has 0 bridgehead atoms. The molecule has 0 spiro atoms. The molecule has 0 unspecified atom stereocenters. The molecule has 3 rings (SSSR count). The third kappa shape index (κ3) is 4.09. The van der Waals surface area contributed by atoms with Gasteiger partial charge in [-0.15, -0.1) is 0 Å². The average molecular weight is 448 g/mol. The second-order valence-electron chi connectivity index (χ2n) is 5.95. The Bertz CT molecular complexity index is 1020. The lowest BCUT2D eigenvalue weighted by atomic mass is 10.1. The Morgan fingerprint density at radius 1 is 1.26 bits per heavy atom. The molecule has 0 aliphatic heterocycles. The number of benzene rings is 1. The van der Waals surface area contributed by atoms with Crippen molar-refractivity contribution >= 4 is 45.6 Å². The van der Waals surface area contributed by atoms with Crippen LogP contribution in [0.1, 0.15) is 22.4 Å². The monoisotopic (exact) mass is 446 g/mol. The van der Waals surface area contributed by atoms with E-state index in [4.69, 9.17) is 16.3 Å². The second kappa shape index (κ2) is 8.02. The highest BCUT2D eigenvalue weighted by Crippen LogP contribution is 2.28. The number of carbonyl (C=O) groups excluding carboxylic acids is 1. The van der Waals surface area contributed by atoms with Crippen molar-refractivity contribution in [3.63, 3.8) is 0 Å². The number of hydrogen-bond donors (Lipinski definition) is 0. The summed E-state index contributed by atoms with van der Waals surface area (Å²) in [6.45, 7) is 6.27. The molecule has 2 heterocycles. The molecule has 0 aliphatic carbocycles. The van der Waals surface area contributed by atoms with Crippen LogP contribution in [0, 0.1) is 20.8 Å². The van der Waals surface area contributed by atoms with E-state index in [-0.39, 0.29) is 5.90 Å². The summed E-state index contributed by atoms with van der Waals surface area (Å²) in [5.41, 5.74) is 4.25. The molecule has 0 saturated heterocycles. The van der Waals surface area contributed by atoms with E-state index in [9.17, 15) is 4.79 Å². The van der Waals surface area contributed by atoms with Gasteiger partial charge in [0, 0.05) is 12.3 Å². The summed E-state index contributed by atoms with van der Waals surface area (Å²) in [7, 11) is 0. The van der Waals surface area contributed by atoms with Gasteiger partial charge in [-0.25, -0.2) is 14.7 Å². The predicted octanol–water partition coefficient (Wildman–Crippen LogP) is 4.86. The van der Waals surface area contributed by atoms with Crippen molar-refractivity contribution in [1.82, 2.24) is 14.8 Å². The first kappa shape index (κ1) is 19.3. The highest BCUT2D eigenvalue weighted by molar-refractivity contribution is 9.10. The Balaban J connectivity index is 2.21. The molecule has 0 atom stereocenters. The summed E-state index contributed by atoms with van der Waals surface area (Å²) in [4.78, 5) is 20.0. The Morgan fingerprint density at radius 3 is 2.59 bits per heavy atom. The molecule has 8 heteroatoms. The molecule has 0 N–H and O–H groups in total. The van der Waals surface area contributed by atoms with Crippen LogP contribution in [0.15, 0.2) is 46.1 Å². The van der Waals surface area contributed by atoms with Crippen molar-refractivity contribution in [1.29, 1.82) is 0 Å². The van der Waals surface area contributed by atoms with E-state index in [1.165, 1.54) is 4.68 Å². The first-order chi connectivity index (χ1) is 12.9. The third-order valence-corrected chi connectivity index (χ3v) is 4.53. The number of aliphatic imine (C=N–C) groups is 1. The van der Waals surface area contributed by atoms with Gasteiger partial charge in [0.1, 0.15) is 10.3 Å². The average Bonchev–Trinajstić information content (AvgIpc) is 2.99. The molecule has 0 radical (unpaired) electrons. The summed E-state index contributed by atoms with van der Waals surface area (Å²) in [5, 5.41) is 4.76. The lowest BCUT2D eigenvalue weighted by Crippen LogP contribution is -2.14. The number of carbonyl (C=O) groups is 1. The number of aryl methyl sites for hydroxylation is 3. The van der Waals surface area contributed by atoms with Crippen LogP contribution in [0.2, 0.25) is 5.02 Å². The molecule has 3 aromatic rings. The van der Waals surface area contributed by atoms with Crippen LogP contribution in [0.25, 0.3) is 5.82 Å². The Hall–Kier alpha value is -2.51. The van der Waals surface area contributed by atoms with Gasteiger partial charge in [-0.3, -0.25) is 4.79 Å². The van der Waals surface area contributed by atoms with Crippen LogP contribution in [0.4, 0.5) is 5.69 Å². The van der Waals surface area contributed by atoms with Gasteiger partial charge in [-0.05, 0) is 60.0 Å². The molecule has 0 amide bonds. The number of halogens is 2. The maximum atomic E-state index is 11.1. The molecule has 0 fully saturated rings.